The van der Waals surface area contributed by atoms with Gasteiger partial charge in [-0.1, -0.05) is 6.07 Å². The van der Waals surface area contributed by atoms with Gasteiger partial charge in [0.05, 0.1) is 17.7 Å². The van der Waals surface area contributed by atoms with Crippen molar-refractivity contribution in [3.05, 3.63) is 53.3 Å². The number of fused-ring (bicyclic) bond motifs is 1. The van der Waals surface area contributed by atoms with Gasteiger partial charge < -0.3 is 14.9 Å². The number of likely N-dealkylation sites (tertiary alicyclic amines) is 1. The molecule has 1 aliphatic carbocycles. The standard InChI is InChI=1S/C27H33N5O2.ClH/c1-30-10-7-21(8-11-30)32-16-20-13-19(23(18-5-6-18)15-25(20)29-32)14-26(34)24-3-2-4-27(28-24)31-12-9-22(33)17-31;/h2-4,13,15-16,18,21-22,33H,5-12,14,17H2,1H3;1H. The minimum absolute atomic E-state index is 0. The number of aliphatic hydroxyl groups excluding tert-OH is 1. The van der Waals surface area contributed by atoms with Gasteiger partial charge in [-0.2, -0.15) is 5.10 Å². The maximum atomic E-state index is 13.3. The monoisotopic (exact) mass is 495 g/mol. The van der Waals surface area contributed by atoms with Crippen molar-refractivity contribution < 1.29 is 9.90 Å². The summed E-state index contributed by atoms with van der Waals surface area (Å²) in [5.41, 5.74) is 3.95. The van der Waals surface area contributed by atoms with E-state index in [1.165, 1.54) is 18.4 Å². The van der Waals surface area contributed by atoms with E-state index >= 15 is 0 Å². The van der Waals surface area contributed by atoms with Gasteiger partial charge in [-0.15, -0.1) is 12.4 Å². The molecule has 35 heavy (non-hydrogen) atoms. The van der Waals surface area contributed by atoms with Gasteiger partial charge in [0.25, 0.3) is 0 Å². The number of ketones is 1. The fourth-order valence-electron chi connectivity index (χ4n) is 5.50. The Kier molecular flexibility index (Phi) is 6.84. The van der Waals surface area contributed by atoms with Crippen molar-refractivity contribution in [3.63, 3.8) is 0 Å². The van der Waals surface area contributed by atoms with Gasteiger partial charge in [-0.25, -0.2) is 4.98 Å². The summed E-state index contributed by atoms with van der Waals surface area (Å²) in [4.78, 5) is 22.4. The van der Waals surface area contributed by atoms with E-state index < -0.39 is 0 Å². The lowest BCUT2D eigenvalue weighted by Gasteiger charge is -2.28. The van der Waals surface area contributed by atoms with Gasteiger partial charge in [-0.3, -0.25) is 9.48 Å². The molecule has 0 spiro atoms. The lowest BCUT2D eigenvalue weighted by molar-refractivity contribution is 0.0988. The number of carbonyl (C=O) groups is 1. The molecule has 2 saturated heterocycles. The molecule has 8 heteroatoms. The summed E-state index contributed by atoms with van der Waals surface area (Å²) < 4.78 is 2.16. The number of aromatic nitrogens is 3. The average molecular weight is 496 g/mol. The fourth-order valence-corrected chi connectivity index (χ4v) is 5.50. The molecule has 1 saturated carbocycles. The normalized spacial score (nSPS) is 21.4. The summed E-state index contributed by atoms with van der Waals surface area (Å²) in [6.07, 6.45) is 7.59. The highest BCUT2D eigenvalue weighted by atomic mass is 35.5. The Hall–Kier alpha value is -2.48. The summed E-state index contributed by atoms with van der Waals surface area (Å²) >= 11 is 0. The van der Waals surface area contributed by atoms with E-state index in [0.29, 0.717) is 30.6 Å². The topological polar surface area (TPSA) is 74.5 Å². The Balaban J connectivity index is 0.00000253. The first-order chi connectivity index (χ1) is 16.5. The van der Waals surface area contributed by atoms with Gasteiger partial charge in [-0.05, 0) is 93.6 Å². The molecule has 0 radical (unpaired) electrons. The Labute approximate surface area is 212 Å². The molecule has 7 nitrogen and oxygen atoms in total. The number of halogens is 1. The van der Waals surface area contributed by atoms with Crippen molar-refractivity contribution in [2.75, 3.05) is 38.1 Å². The zero-order chi connectivity index (χ0) is 23.2. The number of anilines is 1. The number of carbonyl (C=O) groups excluding carboxylic acids is 1. The number of pyridine rings is 1. The Bertz CT molecular complexity index is 1220. The summed E-state index contributed by atoms with van der Waals surface area (Å²) in [6.45, 7) is 3.57. The Morgan fingerprint density at radius 3 is 2.60 bits per heavy atom. The fraction of sp³-hybridized carbons (Fsp3) is 0.519. The summed E-state index contributed by atoms with van der Waals surface area (Å²) in [5, 5.41) is 15.9. The lowest BCUT2D eigenvalue weighted by atomic mass is 9.96. The number of piperidine rings is 1. The van der Waals surface area contributed by atoms with Crippen molar-refractivity contribution in [1.29, 1.82) is 0 Å². The van der Waals surface area contributed by atoms with E-state index in [4.69, 9.17) is 5.10 Å². The highest BCUT2D eigenvalue weighted by Gasteiger charge is 2.29. The van der Waals surface area contributed by atoms with Crippen LogP contribution in [0.2, 0.25) is 0 Å². The number of Topliss-reactive ketones (excluding diaryl/α,β-unsaturated/α-hetero) is 1. The average Bonchev–Trinajstić information content (AvgIpc) is 3.46. The van der Waals surface area contributed by atoms with Crippen LogP contribution in [0.4, 0.5) is 5.82 Å². The van der Waals surface area contributed by atoms with Crippen LogP contribution in [0.25, 0.3) is 10.9 Å². The molecule has 1 N–H and O–H groups in total. The molecule has 1 unspecified atom stereocenters. The van der Waals surface area contributed by atoms with Crippen LogP contribution in [0.15, 0.2) is 36.5 Å². The molecule has 3 aliphatic rings. The largest absolute Gasteiger partial charge is 0.391 e. The van der Waals surface area contributed by atoms with Crippen LogP contribution < -0.4 is 4.90 Å². The molecule has 0 bridgehead atoms. The summed E-state index contributed by atoms with van der Waals surface area (Å²) in [5.74, 6) is 1.37. The van der Waals surface area contributed by atoms with Crippen LogP contribution >= 0.6 is 12.4 Å². The minimum atomic E-state index is -0.315. The van der Waals surface area contributed by atoms with E-state index in [2.05, 4.69) is 44.8 Å². The van der Waals surface area contributed by atoms with Crippen LogP contribution in [-0.4, -0.2) is 69.9 Å². The molecule has 3 fully saturated rings. The maximum absolute atomic E-state index is 13.3. The van der Waals surface area contributed by atoms with E-state index in [1.54, 1.807) is 0 Å². The number of hydrogen-bond donors (Lipinski definition) is 1. The van der Waals surface area contributed by atoms with Crippen molar-refractivity contribution in [3.8, 4) is 0 Å². The molecule has 6 rings (SSSR count). The molecule has 2 aliphatic heterocycles. The van der Waals surface area contributed by atoms with Crippen LogP contribution in [0.5, 0.6) is 0 Å². The number of nitrogens with zero attached hydrogens (tertiary/aromatic N) is 5. The molecular formula is C27H34ClN5O2. The predicted molar refractivity (Wildman–Crippen MR) is 140 cm³/mol. The quantitative estimate of drug-likeness (QED) is 0.521. The van der Waals surface area contributed by atoms with E-state index in [0.717, 1.165) is 61.2 Å². The molecule has 1 atom stereocenters. The van der Waals surface area contributed by atoms with Crippen molar-refractivity contribution in [2.45, 2.75) is 56.6 Å². The molecule has 0 amide bonds. The third-order valence-corrected chi connectivity index (χ3v) is 7.72. The molecule has 4 heterocycles. The van der Waals surface area contributed by atoms with Gasteiger partial charge >= 0.3 is 0 Å². The van der Waals surface area contributed by atoms with Gasteiger partial charge in [0.2, 0.25) is 0 Å². The van der Waals surface area contributed by atoms with E-state index in [1.807, 2.05) is 18.2 Å². The summed E-state index contributed by atoms with van der Waals surface area (Å²) in [7, 11) is 2.18. The second-order valence-corrected chi connectivity index (χ2v) is 10.4. The van der Waals surface area contributed by atoms with Crippen molar-refractivity contribution in [1.82, 2.24) is 19.7 Å². The minimum Gasteiger partial charge on any atom is -0.391 e. The molecule has 3 aromatic rings. The lowest BCUT2D eigenvalue weighted by Crippen LogP contribution is -2.31. The Morgan fingerprint density at radius 2 is 1.89 bits per heavy atom. The summed E-state index contributed by atoms with van der Waals surface area (Å²) in [6, 6.07) is 10.5. The first kappa shape index (κ1) is 24.2. The van der Waals surface area contributed by atoms with Crippen LogP contribution in [0, 0.1) is 0 Å². The highest BCUT2D eigenvalue weighted by molar-refractivity contribution is 5.97. The van der Waals surface area contributed by atoms with Crippen molar-refractivity contribution >= 4 is 34.9 Å². The first-order valence-electron chi connectivity index (χ1n) is 12.7. The zero-order valence-electron chi connectivity index (χ0n) is 20.3. The van der Waals surface area contributed by atoms with Gasteiger partial charge in [0.1, 0.15) is 11.5 Å². The third-order valence-electron chi connectivity index (χ3n) is 7.72. The number of hydrogen-bond acceptors (Lipinski definition) is 6. The molecule has 1 aromatic carbocycles. The molecule has 2 aromatic heterocycles. The number of aliphatic hydroxyl groups is 1. The van der Waals surface area contributed by atoms with Crippen LogP contribution in [-0.2, 0) is 6.42 Å². The molecular weight excluding hydrogens is 462 g/mol. The zero-order valence-corrected chi connectivity index (χ0v) is 21.1. The van der Waals surface area contributed by atoms with Crippen LogP contribution in [0.1, 0.15) is 65.7 Å². The van der Waals surface area contributed by atoms with Gasteiger partial charge in [0.15, 0.2) is 5.78 Å². The van der Waals surface area contributed by atoms with Crippen LogP contribution in [0.3, 0.4) is 0 Å². The number of rotatable bonds is 6. The number of β-amino-alcohol motifs (C(OH)–C–C–N with tert-alkyl or cyclic N) is 1. The molecule has 186 valence electrons. The first-order valence-corrected chi connectivity index (χ1v) is 12.7. The second kappa shape index (κ2) is 9.88. The number of benzene rings is 1. The Morgan fingerprint density at radius 1 is 1.09 bits per heavy atom. The van der Waals surface area contributed by atoms with Crippen molar-refractivity contribution in [2.24, 2.45) is 0 Å². The SMILES string of the molecule is CN1CCC(n2cc3cc(CC(=O)c4cccc(N5CCC(O)C5)n4)c(C4CC4)cc3n2)CC1.Cl. The predicted octanol–water partition coefficient (Wildman–Crippen LogP) is 3.99. The van der Waals surface area contributed by atoms with E-state index in [9.17, 15) is 9.90 Å². The maximum Gasteiger partial charge on any atom is 0.185 e. The highest BCUT2D eigenvalue weighted by Crippen LogP contribution is 2.43. The van der Waals surface area contributed by atoms with E-state index in [-0.39, 0.29) is 24.3 Å². The third kappa shape index (κ3) is 5.08. The smallest absolute Gasteiger partial charge is 0.185 e. The second-order valence-electron chi connectivity index (χ2n) is 10.4. The van der Waals surface area contributed by atoms with Gasteiger partial charge in [0, 0.05) is 31.1 Å².